The van der Waals surface area contributed by atoms with E-state index in [1.54, 1.807) is 7.05 Å². The van der Waals surface area contributed by atoms with Crippen LogP contribution in [0.1, 0.15) is 25.8 Å². The van der Waals surface area contributed by atoms with Gasteiger partial charge in [0.15, 0.2) is 0 Å². The van der Waals surface area contributed by atoms with Crippen molar-refractivity contribution in [3.8, 4) is 0 Å². The zero-order valence-corrected chi connectivity index (χ0v) is 10.5. The minimum Gasteiger partial charge on any atom is -0.373 e. The Labute approximate surface area is 104 Å². The highest BCUT2D eigenvalue weighted by Crippen LogP contribution is 2.46. The first-order valence-electron chi connectivity index (χ1n) is 5.76. The van der Waals surface area contributed by atoms with Crippen molar-refractivity contribution in [1.82, 2.24) is 4.98 Å². The van der Waals surface area contributed by atoms with Gasteiger partial charge in [-0.1, -0.05) is 13.8 Å². The van der Waals surface area contributed by atoms with Gasteiger partial charge in [-0.05, 0) is 24.0 Å². The Morgan fingerprint density at radius 3 is 2.28 bits per heavy atom. The van der Waals surface area contributed by atoms with Gasteiger partial charge in [0, 0.05) is 13.1 Å². The van der Waals surface area contributed by atoms with Crippen molar-refractivity contribution < 1.29 is 13.2 Å². The Morgan fingerprint density at radius 1 is 1.28 bits per heavy atom. The van der Waals surface area contributed by atoms with Gasteiger partial charge in [-0.15, -0.1) is 0 Å². The molecular formula is C12H16F3N3. The zero-order valence-electron chi connectivity index (χ0n) is 10.5. The van der Waals surface area contributed by atoms with Crippen LogP contribution >= 0.6 is 0 Å². The third-order valence-electron chi connectivity index (χ3n) is 3.24. The number of alkyl halides is 3. The molecule has 2 rings (SSSR count). The lowest BCUT2D eigenvalue weighted by atomic mass is 10.2. The van der Waals surface area contributed by atoms with E-state index in [2.05, 4.69) is 29.5 Å². The van der Waals surface area contributed by atoms with Gasteiger partial charge in [0.25, 0.3) is 0 Å². The lowest BCUT2D eigenvalue weighted by molar-refractivity contribution is -0.137. The molecule has 1 unspecified atom stereocenters. The molecule has 6 heteroatoms. The van der Waals surface area contributed by atoms with Crippen molar-refractivity contribution in [2.24, 2.45) is 5.41 Å². The number of nitrogens with one attached hydrogen (secondary N) is 2. The van der Waals surface area contributed by atoms with Crippen molar-refractivity contribution in [2.75, 3.05) is 17.7 Å². The fourth-order valence-electron chi connectivity index (χ4n) is 1.79. The first-order chi connectivity index (χ1) is 8.22. The van der Waals surface area contributed by atoms with Crippen LogP contribution in [0.3, 0.4) is 0 Å². The maximum atomic E-state index is 12.7. The highest BCUT2D eigenvalue weighted by Gasteiger charge is 2.46. The summed E-state index contributed by atoms with van der Waals surface area (Å²) in [5, 5.41) is 5.69. The number of hydrogen-bond donors (Lipinski definition) is 2. The molecule has 0 amide bonds. The summed E-state index contributed by atoms with van der Waals surface area (Å²) in [5.74, 6) is 0.482. The van der Waals surface area contributed by atoms with Crippen LogP contribution in [0.25, 0.3) is 0 Å². The van der Waals surface area contributed by atoms with Gasteiger partial charge < -0.3 is 10.6 Å². The predicted molar refractivity (Wildman–Crippen MR) is 64.6 cm³/mol. The van der Waals surface area contributed by atoms with E-state index < -0.39 is 11.7 Å². The van der Waals surface area contributed by atoms with Crippen molar-refractivity contribution in [1.29, 1.82) is 0 Å². The zero-order chi connectivity index (χ0) is 13.6. The molecule has 0 aromatic carbocycles. The molecular weight excluding hydrogens is 243 g/mol. The van der Waals surface area contributed by atoms with Crippen LogP contribution in [-0.2, 0) is 6.18 Å². The summed E-state index contributed by atoms with van der Waals surface area (Å²) >= 11 is 0. The second-order valence-corrected chi connectivity index (χ2v) is 5.26. The number of aromatic nitrogens is 1. The van der Waals surface area contributed by atoms with Crippen molar-refractivity contribution >= 4 is 11.6 Å². The van der Waals surface area contributed by atoms with Gasteiger partial charge in [0.2, 0.25) is 0 Å². The first kappa shape index (κ1) is 13.0. The lowest BCUT2D eigenvalue weighted by Gasteiger charge is -2.13. The van der Waals surface area contributed by atoms with E-state index >= 15 is 0 Å². The monoisotopic (exact) mass is 259 g/mol. The normalized spacial score (nSPS) is 21.6. The largest absolute Gasteiger partial charge is 0.416 e. The van der Waals surface area contributed by atoms with E-state index in [9.17, 15) is 13.2 Å². The van der Waals surface area contributed by atoms with Crippen LogP contribution in [0.4, 0.5) is 24.8 Å². The van der Waals surface area contributed by atoms with Crippen molar-refractivity contribution in [3.63, 3.8) is 0 Å². The smallest absolute Gasteiger partial charge is 0.373 e. The highest BCUT2D eigenvalue weighted by atomic mass is 19.4. The summed E-state index contributed by atoms with van der Waals surface area (Å²) < 4.78 is 38.1. The quantitative estimate of drug-likeness (QED) is 0.874. The molecule has 0 bridgehead atoms. The van der Waals surface area contributed by atoms with Crippen molar-refractivity contribution in [2.45, 2.75) is 32.5 Å². The first-order valence-corrected chi connectivity index (χ1v) is 5.76. The van der Waals surface area contributed by atoms with E-state index in [0.29, 0.717) is 0 Å². The molecule has 0 saturated heterocycles. The van der Waals surface area contributed by atoms with Gasteiger partial charge in [-0.25, -0.2) is 4.98 Å². The van der Waals surface area contributed by atoms with E-state index in [-0.39, 0.29) is 23.1 Å². The molecule has 0 aliphatic heterocycles. The van der Waals surface area contributed by atoms with Crippen LogP contribution in [0.15, 0.2) is 12.1 Å². The van der Waals surface area contributed by atoms with E-state index in [1.165, 1.54) is 0 Å². The summed E-state index contributed by atoms with van der Waals surface area (Å²) in [6.07, 6.45) is -3.41. The van der Waals surface area contributed by atoms with Crippen LogP contribution in [-0.4, -0.2) is 18.1 Å². The minimum absolute atomic E-state index is 0.135. The third-order valence-corrected chi connectivity index (χ3v) is 3.24. The average Bonchev–Trinajstić information content (AvgIpc) is 2.84. The Balaban J connectivity index is 2.25. The molecule has 1 atom stereocenters. The summed E-state index contributed by atoms with van der Waals surface area (Å²) in [4.78, 5) is 4.09. The molecule has 0 radical (unpaired) electrons. The number of rotatable bonds is 3. The molecule has 1 saturated carbocycles. The second-order valence-electron chi connectivity index (χ2n) is 5.26. The fourth-order valence-corrected chi connectivity index (χ4v) is 1.79. The SMILES string of the molecule is CNc1cc(C(F)(F)F)cc(NC2CC2(C)C)n1. The van der Waals surface area contributed by atoms with Gasteiger partial charge >= 0.3 is 6.18 Å². The number of anilines is 2. The minimum atomic E-state index is -4.36. The van der Waals surface area contributed by atoms with Crippen LogP contribution in [0.5, 0.6) is 0 Å². The fraction of sp³-hybridized carbons (Fsp3) is 0.583. The lowest BCUT2D eigenvalue weighted by Crippen LogP contribution is -2.13. The van der Waals surface area contributed by atoms with E-state index in [0.717, 1.165) is 18.6 Å². The van der Waals surface area contributed by atoms with E-state index in [4.69, 9.17) is 0 Å². The summed E-state index contributed by atoms with van der Waals surface area (Å²) in [7, 11) is 1.55. The maximum Gasteiger partial charge on any atom is 0.416 e. The summed E-state index contributed by atoms with van der Waals surface area (Å²) in [6.45, 7) is 4.13. The van der Waals surface area contributed by atoms with Gasteiger partial charge in [0.1, 0.15) is 11.6 Å². The van der Waals surface area contributed by atoms with Gasteiger partial charge in [-0.3, -0.25) is 0 Å². The van der Waals surface area contributed by atoms with Crippen molar-refractivity contribution in [3.05, 3.63) is 17.7 Å². The molecule has 18 heavy (non-hydrogen) atoms. The molecule has 1 aromatic rings. The van der Waals surface area contributed by atoms with Gasteiger partial charge in [0.05, 0.1) is 5.56 Å². The van der Waals surface area contributed by atoms with Crippen LogP contribution in [0, 0.1) is 5.41 Å². The van der Waals surface area contributed by atoms with Gasteiger partial charge in [-0.2, -0.15) is 13.2 Å². The number of nitrogens with zero attached hydrogens (tertiary/aromatic N) is 1. The average molecular weight is 259 g/mol. The molecule has 1 aromatic heterocycles. The Bertz CT molecular complexity index is 454. The van der Waals surface area contributed by atoms with E-state index in [1.807, 2.05) is 0 Å². The molecule has 1 aliphatic carbocycles. The topological polar surface area (TPSA) is 37.0 Å². The highest BCUT2D eigenvalue weighted by molar-refractivity contribution is 5.51. The van der Waals surface area contributed by atoms with Crippen LogP contribution in [0.2, 0.25) is 0 Å². The second kappa shape index (κ2) is 4.03. The molecule has 1 aliphatic rings. The Hall–Kier alpha value is -1.46. The third kappa shape index (κ3) is 2.68. The molecule has 1 heterocycles. The van der Waals surface area contributed by atoms with Crippen LogP contribution < -0.4 is 10.6 Å². The number of pyridine rings is 1. The maximum absolute atomic E-state index is 12.7. The molecule has 2 N–H and O–H groups in total. The summed E-state index contributed by atoms with van der Waals surface area (Å²) in [5.41, 5.74) is -0.557. The summed E-state index contributed by atoms with van der Waals surface area (Å²) in [6, 6.07) is 2.25. The predicted octanol–water partition coefficient (Wildman–Crippen LogP) is 3.35. The Kier molecular flexibility index (Phi) is 2.91. The molecule has 100 valence electrons. The molecule has 0 spiro atoms. The molecule has 1 fully saturated rings. The standard InChI is InChI=1S/C12H16F3N3/c1-11(2)6-8(11)17-10-5-7(12(13,14)15)4-9(16-3)18-10/h4-5,8H,6H2,1-3H3,(H2,16,17,18). The molecule has 3 nitrogen and oxygen atoms in total. The number of hydrogen-bond acceptors (Lipinski definition) is 3. The Morgan fingerprint density at radius 2 is 1.83 bits per heavy atom. The number of halogens is 3.